The number of amides is 1. The first kappa shape index (κ1) is 25.1. The summed E-state index contributed by atoms with van der Waals surface area (Å²) in [5.74, 6) is 0.346. The number of hydrogen-bond acceptors (Lipinski definition) is 7. The van der Waals surface area contributed by atoms with Crippen LogP contribution in [0.1, 0.15) is 56.5 Å². The summed E-state index contributed by atoms with van der Waals surface area (Å²) in [6.45, 7) is 9.06. The fourth-order valence-electron chi connectivity index (χ4n) is 4.80. The molecule has 0 saturated heterocycles. The maximum absolute atomic E-state index is 12.7. The summed E-state index contributed by atoms with van der Waals surface area (Å²) in [4.78, 5) is 27.9. The van der Waals surface area contributed by atoms with Gasteiger partial charge < -0.3 is 10.1 Å². The van der Waals surface area contributed by atoms with Gasteiger partial charge in [0.15, 0.2) is 0 Å². The van der Waals surface area contributed by atoms with E-state index < -0.39 is 0 Å². The zero-order valence-corrected chi connectivity index (χ0v) is 22.9. The van der Waals surface area contributed by atoms with Gasteiger partial charge in [-0.25, -0.2) is 15.0 Å². The topological polar surface area (TPSA) is 77.0 Å². The van der Waals surface area contributed by atoms with Crippen molar-refractivity contribution in [2.75, 3.05) is 5.75 Å². The number of aryl methyl sites for hydroxylation is 2. The Bertz CT molecular complexity index is 1400. The smallest absolute Gasteiger partial charge is 0.230 e. The highest BCUT2D eigenvalue weighted by Gasteiger charge is 2.31. The normalized spacial score (nSPS) is 15.7. The summed E-state index contributed by atoms with van der Waals surface area (Å²) in [7, 11) is 0. The molecule has 1 aliphatic heterocycles. The van der Waals surface area contributed by atoms with Crippen LogP contribution in [0.25, 0.3) is 20.4 Å². The molecule has 8 heteroatoms. The fourth-order valence-corrected chi connectivity index (χ4v) is 6.86. The molecular formula is C28H32N4O2S2. The predicted molar refractivity (Wildman–Crippen MR) is 148 cm³/mol. The van der Waals surface area contributed by atoms with Crippen molar-refractivity contribution in [3.63, 3.8) is 0 Å². The van der Waals surface area contributed by atoms with Crippen molar-refractivity contribution in [2.45, 2.75) is 76.7 Å². The van der Waals surface area contributed by atoms with Crippen LogP contribution in [0, 0.1) is 0 Å². The minimum Gasteiger partial charge on any atom is -0.370 e. The van der Waals surface area contributed by atoms with Gasteiger partial charge in [-0.15, -0.1) is 11.3 Å². The first-order valence-corrected chi connectivity index (χ1v) is 14.3. The minimum atomic E-state index is -0.222. The Kier molecular flexibility index (Phi) is 7.28. The van der Waals surface area contributed by atoms with Crippen molar-refractivity contribution in [2.24, 2.45) is 0 Å². The van der Waals surface area contributed by atoms with Crippen LogP contribution in [0.2, 0.25) is 0 Å². The summed E-state index contributed by atoms with van der Waals surface area (Å²) in [5.41, 5.74) is 5.62. The molecule has 0 bridgehead atoms. The summed E-state index contributed by atoms with van der Waals surface area (Å²) < 4.78 is 7.13. The summed E-state index contributed by atoms with van der Waals surface area (Å²) in [6.07, 6.45) is 5.16. The molecule has 36 heavy (non-hydrogen) atoms. The number of hydrogen-bond donors (Lipinski definition) is 1. The van der Waals surface area contributed by atoms with Crippen LogP contribution >= 0.6 is 23.1 Å². The van der Waals surface area contributed by atoms with Crippen LogP contribution in [-0.4, -0.2) is 38.3 Å². The first-order valence-electron chi connectivity index (χ1n) is 12.5. The van der Waals surface area contributed by atoms with Crippen LogP contribution in [0.15, 0.2) is 41.7 Å². The van der Waals surface area contributed by atoms with E-state index in [1.807, 2.05) is 6.07 Å². The lowest BCUT2D eigenvalue weighted by Crippen LogP contribution is -2.34. The van der Waals surface area contributed by atoms with E-state index in [-0.39, 0.29) is 17.6 Å². The number of nitrogens with one attached hydrogen (secondary N) is 1. The Morgan fingerprint density at radius 1 is 1.22 bits per heavy atom. The van der Waals surface area contributed by atoms with Gasteiger partial charge in [0.2, 0.25) is 5.91 Å². The van der Waals surface area contributed by atoms with Crippen LogP contribution in [0.4, 0.5) is 0 Å². The van der Waals surface area contributed by atoms with E-state index in [0.717, 1.165) is 56.8 Å². The zero-order chi connectivity index (χ0) is 25.3. The molecule has 1 amide bonds. The predicted octanol–water partition coefficient (Wildman–Crippen LogP) is 5.88. The standard InChI is InChI=1S/C28H32N4O2S2/c1-5-21-20-14-34-28(3,4)13-19(20)23-24-25(36-26(23)32-21)27(30-16-29-24)35-15-22(33)31-17(2)11-12-18-9-7-6-8-10-18/h6-10,16-17H,5,11-15H2,1-4H3,(H,31,33). The van der Waals surface area contributed by atoms with Gasteiger partial charge in [-0.1, -0.05) is 49.0 Å². The van der Waals surface area contributed by atoms with E-state index in [9.17, 15) is 4.79 Å². The van der Waals surface area contributed by atoms with Crippen LogP contribution in [-0.2, 0) is 35.4 Å². The number of aromatic nitrogens is 3. The molecule has 0 radical (unpaired) electrons. The first-order chi connectivity index (χ1) is 17.3. The Morgan fingerprint density at radius 2 is 2.03 bits per heavy atom. The van der Waals surface area contributed by atoms with Crippen molar-refractivity contribution in [3.05, 3.63) is 59.0 Å². The highest BCUT2D eigenvalue weighted by molar-refractivity contribution is 8.00. The Balaban J connectivity index is 1.34. The summed E-state index contributed by atoms with van der Waals surface area (Å²) in [5, 5.41) is 5.10. The second-order valence-electron chi connectivity index (χ2n) is 10.0. The third-order valence-electron chi connectivity index (χ3n) is 6.67. The molecule has 1 aromatic carbocycles. The number of nitrogens with zero attached hydrogens (tertiary/aromatic N) is 3. The van der Waals surface area contributed by atoms with Crippen LogP contribution < -0.4 is 5.32 Å². The van der Waals surface area contributed by atoms with Crippen molar-refractivity contribution in [3.8, 4) is 0 Å². The second-order valence-corrected chi connectivity index (χ2v) is 12.0. The van der Waals surface area contributed by atoms with E-state index in [1.54, 1.807) is 17.7 Å². The van der Waals surface area contributed by atoms with Gasteiger partial charge in [-0.05, 0) is 51.2 Å². The third kappa shape index (κ3) is 5.26. The average Bonchev–Trinajstić information content (AvgIpc) is 3.25. The van der Waals surface area contributed by atoms with E-state index >= 15 is 0 Å². The maximum Gasteiger partial charge on any atom is 0.230 e. The molecule has 1 atom stereocenters. The van der Waals surface area contributed by atoms with E-state index in [2.05, 4.69) is 67.2 Å². The average molecular weight is 521 g/mol. The number of pyridine rings is 1. The lowest BCUT2D eigenvalue weighted by atomic mass is 9.89. The number of rotatable bonds is 8. The van der Waals surface area contributed by atoms with Crippen molar-refractivity contribution >= 4 is 49.4 Å². The lowest BCUT2D eigenvalue weighted by Gasteiger charge is -2.33. The largest absolute Gasteiger partial charge is 0.370 e. The molecule has 4 heterocycles. The molecule has 188 valence electrons. The molecule has 5 rings (SSSR count). The number of ether oxygens (including phenoxy) is 1. The fraction of sp³-hybridized carbons (Fsp3) is 0.429. The van der Waals surface area contributed by atoms with Crippen LogP contribution in [0.5, 0.6) is 0 Å². The molecule has 4 aromatic rings. The molecule has 0 saturated carbocycles. The van der Waals surface area contributed by atoms with E-state index in [0.29, 0.717) is 12.4 Å². The molecule has 1 aliphatic rings. The van der Waals surface area contributed by atoms with Gasteiger partial charge >= 0.3 is 0 Å². The summed E-state index contributed by atoms with van der Waals surface area (Å²) >= 11 is 3.10. The van der Waals surface area contributed by atoms with Gasteiger partial charge in [-0.3, -0.25) is 4.79 Å². The van der Waals surface area contributed by atoms with Crippen LogP contribution in [0.3, 0.4) is 0 Å². The monoisotopic (exact) mass is 520 g/mol. The molecule has 1 unspecified atom stereocenters. The molecule has 3 aromatic heterocycles. The van der Waals surface area contributed by atoms with Gasteiger partial charge in [0, 0.05) is 29.1 Å². The maximum atomic E-state index is 12.7. The molecule has 1 N–H and O–H groups in total. The van der Waals surface area contributed by atoms with Gasteiger partial charge in [0.1, 0.15) is 16.2 Å². The quantitative estimate of drug-likeness (QED) is 0.231. The van der Waals surface area contributed by atoms with Crippen molar-refractivity contribution in [1.82, 2.24) is 20.3 Å². The lowest BCUT2D eigenvalue weighted by molar-refractivity contribution is -0.119. The van der Waals surface area contributed by atoms with Gasteiger partial charge in [0.05, 0.1) is 28.2 Å². The molecular weight excluding hydrogens is 488 g/mol. The van der Waals surface area contributed by atoms with Crippen molar-refractivity contribution in [1.29, 1.82) is 0 Å². The highest BCUT2D eigenvalue weighted by Crippen LogP contribution is 2.42. The Labute approximate surface area is 220 Å². The SMILES string of the molecule is CCc1nc2sc3c(SCC(=O)NC(C)CCc4ccccc4)ncnc3c2c2c1COC(C)(C)C2. The number of carbonyl (C=O) groups excluding carboxylic acids is 1. The number of fused-ring (bicyclic) bond motifs is 5. The Hall–Kier alpha value is -2.55. The van der Waals surface area contributed by atoms with E-state index in [4.69, 9.17) is 9.72 Å². The molecule has 6 nitrogen and oxygen atoms in total. The number of benzene rings is 1. The number of thioether (sulfide) groups is 1. The van der Waals surface area contributed by atoms with E-state index in [1.165, 1.54) is 28.5 Å². The highest BCUT2D eigenvalue weighted by atomic mass is 32.2. The molecule has 0 aliphatic carbocycles. The Morgan fingerprint density at radius 3 is 2.81 bits per heavy atom. The van der Waals surface area contributed by atoms with Crippen molar-refractivity contribution < 1.29 is 9.53 Å². The van der Waals surface area contributed by atoms with Gasteiger partial charge in [0.25, 0.3) is 0 Å². The molecule has 0 fully saturated rings. The minimum absolute atomic E-state index is 0.0242. The van der Waals surface area contributed by atoms with Gasteiger partial charge in [-0.2, -0.15) is 0 Å². The second kappa shape index (κ2) is 10.4. The third-order valence-corrected chi connectivity index (χ3v) is 8.87. The number of carbonyl (C=O) groups is 1. The molecule has 0 spiro atoms. The summed E-state index contributed by atoms with van der Waals surface area (Å²) in [6, 6.07) is 10.5. The number of thiophene rings is 1. The zero-order valence-electron chi connectivity index (χ0n) is 21.3.